The molecule has 1 saturated heterocycles. The number of guanidine groups is 1. The minimum atomic E-state index is -2.47. The molecule has 21 N–H and O–H groups in total. The Kier molecular flexibility index (Phi) is 27.7. The third-order valence-electron chi connectivity index (χ3n) is 11.7. The van der Waals surface area contributed by atoms with Gasteiger partial charge in [-0.2, -0.15) is 0 Å². The molecule has 10 amide bonds. The van der Waals surface area contributed by atoms with E-state index < -0.39 is 157 Å². The van der Waals surface area contributed by atoms with Crippen molar-refractivity contribution in [1.82, 2.24) is 47.9 Å². The van der Waals surface area contributed by atoms with E-state index in [0.717, 1.165) is 0 Å². The molecule has 416 valence electrons. The van der Waals surface area contributed by atoms with Crippen molar-refractivity contribution in [2.75, 3.05) is 26.3 Å². The summed E-state index contributed by atoms with van der Waals surface area (Å²) in [4.78, 5) is 140. The Labute approximate surface area is 429 Å². The third kappa shape index (κ3) is 20.1. The number of nitrogens with one attached hydrogen (secondary N) is 9. The lowest BCUT2D eigenvalue weighted by atomic mass is 9.95. The summed E-state index contributed by atoms with van der Waals surface area (Å²) < 4.78 is 0. The van der Waals surface area contributed by atoms with E-state index in [-0.39, 0.29) is 57.1 Å². The number of hydrogen-bond donors (Lipinski definition) is 17. The second-order valence-corrected chi connectivity index (χ2v) is 18.3. The lowest BCUT2D eigenvalue weighted by molar-refractivity contribution is -0.140. The molecule has 0 radical (unpaired) electrons. The fourth-order valence-corrected chi connectivity index (χ4v) is 7.23. The summed E-state index contributed by atoms with van der Waals surface area (Å²) in [5.41, 5.74) is 22.9. The number of nitrogens with zero attached hydrogens (tertiary/aromatic N) is 1. The number of benzene rings is 1. The molecular weight excluding hydrogens is 973 g/mol. The van der Waals surface area contributed by atoms with Gasteiger partial charge in [-0.25, -0.2) is 0 Å². The molecule has 28 nitrogen and oxygen atoms in total. The number of amides is 10. The van der Waals surface area contributed by atoms with Crippen LogP contribution >= 0.6 is 0 Å². The normalized spacial score (nSPS) is 26.0. The summed E-state index contributed by atoms with van der Waals surface area (Å²) in [7, 11) is 0. The van der Waals surface area contributed by atoms with Crippen molar-refractivity contribution < 1.29 is 68.4 Å². The maximum Gasteiger partial charge on any atom is 0.248 e. The molecule has 1 aliphatic heterocycles. The minimum Gasteiger partial charge on any atom is -0.394 e. The Bertz CT molecular complexity index is 2110. The van der Waals surface area contributed by atoms with Crippen LogP contribution < -0.4 is 70.8 Å². The van der Waals surface area contributed by atoms with Crippen LogP contribution in [-0.4, -0.2) is 172 Å². The van der Waals surface area contributed by atoms with E-state index in [1.807, 2.05) is 5.32 Å². The van der Waals surface area contributed by atoms with E-state index >= 15 is 0 Å². The van der Waals surface area contributed by atoms with Gasteiger partial charge in [0, 0.05) is 6.54 Å². The van der Waals surface area contributed by atoms with Gasteiger partial charge in [-0.15, -0.1) is 0 Å². The zero-order chi connectivity index (χ0) is 55.3. The summed E-state index contributed by atoms with van der Waals surface area (Å²) in [6.07, 6.45) is -3.90. The van der Waals surface area contributed by atoms with Crippen molar-refractivity contribution in [3.05, 3.63) is 35.9 Å². The molecule has 0 aliphatic carbocycles. The number of aliphatic hydroxyl groups is 4. The number of aliphatic imine (C=N–C) groups is 1. The van der Waals surface area contributed by atoms with E-state index in [4.69, 9.17) is 22.9 Å². The zero-order valence-electron chi connectivity index (χ0n) is 41.8. The van der Waals surface area contributed by atoms with Crippen molar-refractivity contribution in [2.24, 2.45) is 45.7 Å². The SMILES string of the molecule is C.CC[C@H](C)[C@@H]1NC(=O)[C@@H](CCCN=C(N)N)NC(=O)[C@H](CC(C)C)NC(=O)[C@H]([C@H](O)C(C)C)NC(=O)[C@@H](N)[C@@H](c2ccccc2)NC(=O)[C@H](CO)NC(=O)C([C@H](O)C(N)=O)NC(=O)CNC(=O)[C@H](CO)NC1=O. The second kappa shape index (κ2) is 31.6. The number of carbonyl (C=O) groups excluding carboxylic acids is 10. The van der Waals surface area contributed by atoms with Crippen LogP contribution in [0, 0.1) is 17.8 Å². The average Bonchev–Trinajstić information content (AvgIpc) is 3.34. The number of primary amides is 1. The first-order valence-electron chi connectivity index (χ1n) is 23.7. The number of nitrogens with two attached hydrogens (primary N) is 4. The first-order valence-corrected chi connectivity index (χ1v) is 23.7. The molecule has 2 rings (SSSR count). The molecule has 0 bridgehead atoms. The molecule has 1 aliphatic rings. The van der Waals surface area contributed by atoms with Gasteiger partial charge in [0.05, 0.1) is 31.9 Å². The highest BCUT2D eigenvalue weighted by Gasteiger charge is 2.40. The predicted molar refractivity (Wildman–Crippen MR) is 268 cm³/mol. The molecule has 28 heteroatoms. The average molecular weight is 1050 g/mol. The van der Waals surface area contributed by atoms with Gasteiger partial charge in [-0.3, -0.25) is 52.9 Å². The molecule has 74 heavy (non-hydrogen) atoms. The van der Waals surface area contributed by atoms with Crippen molar-refractivity contribution in [1.29, 1.82) is 0 Å². The molecule has 1 unspecified atom stereocenters. The van der Waals surface area contributed by atoms with E-state index in [1.54, 1.807) is 33.8 Å². The van der Waals surface area contributed by atoms with Crippen LogP contribution in [0.1, 0.15) is 86.3 Å². The van der Waals surface area contributed by atoms with E-state index in [0.29, 0.717) is 0 Å². The number of hydrogen-bond acceptors (Lipinski definition) is 16. The van der Waals surface area contributed by atoms with Crippen LogP contribution in [0.2, 0.25) is 0 Å². The van der Waals surface area contributed by atoms with Gasteiger partial charge in [0.1, 0.15) is 48.3 Å². The van der Waals surface area contributed by atoms with Gasteiger partial charge in [0.25, 0.3) is 0 Å². The Morgan fingerprint density at radius 2 is 1.15 bits per heavy atom. The van der Waals surface area contributed by atoms with Gasteiger partial charge in [0.15, 0.2) is 12.1 Å². The Hall–Kier alpha value is -7.01. The third-order valence-corrected chi connectivity index (χ3v) is 11.7. The van der Waals surface area contributed by atoms with Crippen LogP contribution in [0.4, 0.5) is 0 Å². The van der Waals surface area contributed by atoms with E-state index in [1.165, 1.54) is 38.1 Å². The monoisotopic (exact) mass is 1050 g/mol. The van der Waals surface area contributed by atoms with Crippen LogP contribution in [0.15, 0.2) is 35.3 Å². The van der Waals surface area contributed by atoms with Crippen molar-refractivity contribution in [3.63, 3.8) is 0 Å². The quantitative estimate of drug-likeness (QED) is 0.0441. The van der Waals surface area contributed by atoms with Crippen molar-refractivity contribution in [3.8, 4) is 0 Å². The fourth-order valence-electron chi connectivity index (χ4n) is 7.23. The molecular formula is C46H78N14O14. The molecule has 0 aromatic heterocycles. The molecule has 1 aromatic rings. The van der Waals surface area contributed by atoms with Crippen LogP contribution in [0.3, 0.4) is 0 Å². The maximum absolute atomic E-state index is 14.3. The number of aliphatic hydroxyl groups excluding tert-OH is 4. The minimum absolute atomic E-state index is 0. The zero-order valence-corrected chi connectivity index (χ0v) is 41.8. The van der Waals surface area contributed by atoms with Crippen molar-refractivity contribution >= 4 is 65.0 Å². The fraction of sp³-hybridized carbons (Fsp3) is 0.630. The van der Waals surface area contributed by atoms with E-state index in [9.17, 15) is 68.4 Å². The second-order valence-electron chi connectivity index (χ2n) is 18.3. The smallest absolute Gasteiger partial charge is 0.248 e. The molecule has 1 fully saturated rings. The topological polar surface area (TPSA) is 476 Å². The van der Waals surface area contributed by atoms with Crippen LogP contribution in [0.5, 0.6) is 0 Å². The Balaban J connectivity index is 0.0000274. The highest BCUT2D eigenvalue weighted by Crippen LogP contribution is 2.18. The van der Waals surface area contributed by atoms with E-state index in [2.05, 4.69) is 47.5 Å². The highest BCUT2D eigenvalue weighted by atomic mass is 16.3. The summed E-state index contributed by atoms with van der Waals surface area (Å²) in [6.45, 7) is 6.60. The molecule has 1 heterocycles. The first kappa shape index (κ1) is 65.0. The summed E-state index contributed by atoms with van der Waals surface area (Å²) >= 11 is 0. The summed E-state index contributed by atoms with van der Waals surface area (Å²) in [5.74, 6) is -13.5. The standard InChI is InChI=1S/C45H74N14O14.CH4/c1-7-22(6)30-42(71)54-26(18-60)37(66)51-17-28(62)56-33(35(64)36(47)65)44(73)55-27(19-61)40(69)58-31(23-12-9-8-10-13-23)29(46)41(70)59-32(34(63)21(4)5)43(72)53-25(16-20(2)3)39(68)52-24(38(67)57-30)14-11-15-50-45(48)49;/h8-10,12-13,20-22,24-27,29-35,60-61,63-64H,7,11,14-19,46H2,1-6H3,(H2,47,65)(H,51,66)(H,52,68)(H,53,72)(H,54,71)(H,55,73)(H,56,62)(H,57,67)(H,58,69)(H,59,70)(H4,48,49,50);1H4/t22-,24+,25-,26-,27-,29-,30-,31+,32-,33?,34+,35-;/m0./s1. The molecule has 0 spiro atoms. The number of carbonyl (C=O) groups is 10. The predicted octanol–water partition coefficient (Wildman–Crippen LogP) is -6.68. The lowest BCUT2D eigenvalue weighted by Crippen LogP contribution is -2.64. The van der Waals surface area contributed by atoms with Gasteiger partial charge in [-0.05, 0) is 42.6 Å². The number of rotatable bonds is 15. The van der Waals surface area contributed by atoms with Gasteiger partial charge in [0.2, 0.25) is 59.1 Å². The lowest BCUT2D eigenvalue weighted by Gasteiger charge is -2.32. The Morgan fingerprint density at radius 1 is 0.649 bits per heavy atom. The van der Waals surface area contributed by atoms with Crippen molar-refractivity contribution in [2.45, 2.75) is 141 Å². The van der Waals surface area contributed by atoms with Gasteiger partial charge in [-0.1, -0.05) is 85.7 Å². The Morgan fingerprint density at radius 3 is 1.68 bits per heavy atom. The molecule has 0 saturated carbocycles. The first-order chi connectivity index (χ1) is 34.3. The van der Waals surface area contributed by atoms with Gasteiger partial charge < -0.3 is 91.2 Å². The molecule has 12 atom stereocenters. The maximum atomic E-state index is 14.3. The van der Waals surface area contributed by atoms with Crippen LogP contribution in [0.25, 0.3) is 0 Å². The molecule has 1 aromatic carbocycles. The van der Waals surface area contributed by atoms with Crippen LogP contribution in [-0.2, 0) is 47.9 Å². The van der Waals surface area contributed by atoms with Gasteiger partial charge >= 0.3 is 0 Å². The highest BCUT2D eigenvalue weighted by molar-refractivity contribution is 5.99. The summed E-state index contributed by atoms with van der Waals surface area (Å²) in [5, 5.41) is 63.5. The summed E-state index contributed by atoms with van der Waals surface area (Å²) in [6, 6.07) is -7.82. The largest absolute Gasteiger partial charge is 0.394 e.